The zero-order valence-electron chi connectivity index (χ0n) is 27.1. The highest BCUT2D eigenvalue weighted by atomic mass is 32.2. The predicted molar refractivity (Wildman–Crippen MR) is 173 cm³/mol. The standard InChI is InChI=1S/C32H35N5O11S/c1-17-26-25(18(2)38)30(40)35(26)27(31(41)47-15-19-5-9-21(10-6-19)36(43)44)28(17)49-23-13-24(29(39)33(3)4)34(14-23)32(42)48-16-20-7-11-22(12-8-20)37(45)46/h5-12,17-18,23-26,38H,13-16H2,1-4H3. The topological polar surface area (TPSA) is 203 Å². The van der Waals surface area contributed by atoms with Crippen LogP contribution in [0.15, 0.2) is 59.1 Å². The zero-order chi connectivity index (χ0) is 35.7. The number of nitro groups is 2. The lowest BCUT2D eigenvalue weighted by Crippen LogP contribution is -2.63. The summed E-state index contributed by atoms with van der Waals surface area (Å²) in [6.07, 6.45) is -1.51. The zero-order valence-corrected chi connectivity index (χ0v) is 27.9. The maximum Gasteiger partial charge on any atom is 0.410 e. The summed E-state index contributed by atoms with van der Waals surface area (Å²) in [6.45, 7) is 3.04. The van der Waals surface area contributed by atoms with Crippen LogP contribution in [0.5, 0.6) is 0 Å². The number of ether oxygens (including phenoxy) is 2. The first-order chi connectivity index (χ1) is 23.2. The van der Waals surface area contributed by atoms with Crippen molar-refractivity contribution in [2.24, 2.45) is 11.8 Å². The Hall–Kier alpha value is -5.03. The second-order valence-electron chi connectivity index (χ2n) is 12.3. The van der Waals surface area contributed by atoms with Gasteiger partial charge in [0.15, 0.2) is 0 Å². The second kappa shape index (κ2) is 14.2. The van der Waals surface area contributed by atoms with E-state index in [1.807, 2.05) is 6.92 Å². The van der Waals surface area contributed by atoms with Crippen LogP contribution in [0, 0.1) is 32.1 Å². The Morgan fingerprint density at radius 3 is 2.00 bits per heavy atom. The van der Waals surface area contributed by atoms with Crippen LogP contribution >= 0.6 is 11.8 Å². The number of likely N-dealkylation sites (tertiary alicyclic amines) is 1. The van der Waals surface area contributed by atoms with Gasteiger partial charge in [0.05, 0.1) is 27.9 Å². The molecule has 3 amide bonds. The number of hydrogen-bond donors (Lipinski definition) is 1. The van der Waals surface area contributed by atoms with Gasteiger partial charge in [-0.1, -0.05) is 6.92 Å². The molecule has 0 aliphatic carbocycles. The largest absolute Gasteiger partial charge is 0.456 e. The van der Waals surface area contributed by atoms with Gasteiger partial charge in [0.1, 0.15) is 25.0 Å². The van der Waals surface area contributed by atoms with E-state index in [0.717, 1.165) is 0 Å². The molecule has 0 aromatic heterocycles. The molecule has 2 saturated heterocycles. The number of nitrogens with zero attached hydrogens (tertiary/aromatic N) is 5. The Bertz CT molecular complexity index is 1700. The van der Waals surface area contributed by atoms with E-state index in [0.29, 0.717) is 16.0 Å². The molecule has 16 nitrogen and oxygen atoms in total. The summed E-state index contributed by atoms with van der Waals surface area (Å²) in [5, 5.41) is 31.9. The molecule has 3 heterocycles. The number of fused-ring (bicyclic) bond motifs is 1. The predicted octanol–water partition coefficient (Wildman–Crippen LogP) is 3.22. The number of β-lactam (4-membered cyclic amide) rings is 1. The first-order valence-corrected chi connectivity index (χ1v) is 16.3. The molecule has 6 unspecified atom stereocenters. The van der Waals surface area contributed by atoms with Gasteiger partial charge in [-0.25, -0.2) is 9.59 Å². The fraction of sp³-hybridized carbons (Fsp3) is 0.438. The molecule has 17 heteroatoms. The van der Waals surface area contributed by atoms with Crippen LogP contribution in [0.3, 0.4) is 0 Å². The maximum absolute atomic E-state index is 13.6. The summed E-state index contributed by atoms with van der Waals surface area (Å²) in [7, 11) is 3.13. The van der Waals surface area contributed by atoms with E-state index < -0.39 is 57.2 Å². The molecule has 2 aromatic rings. The number of carbonyl (C=O) groups excluding carboxylic acids is 4. The van der Waals surface area contributed by atoms with Gasteiger partial charge in [-0.3, -0.25) is 34.7 Å². The number of nitro benzene ring substituents is 2. The molecular formula is C32H35N5O11S. The number of thioether (sulfide) groups is 1. The van der Waals surface area contributed by atoms with E-state index in [2.05, 4.69) is 0 Å². The molecule has 3 aliphatic rings. The van der Waals surface area contributed by atoms with Gasteiger partial charge in [-0.05, 0) is 48.7 Å². The Kier molecular flexibility index (Phi) is 10.2. The van der Waals surface area contributed by atoms with Gasteiger partial charge in [0, 0.05) is 61.0 Å². The average Bonchev–Trinajstić information content (AvgIpc) is 3.59. The molecule has 0 spiro atoms. The Labute approximate surface area is 284 Å². The van der Waals surface area contributed by atoms with Crippen molar-refractivity contribution in [1.29, 1.82) is 0 Å². The van der Waals surface area contributed by atoms with Gasteiger partial charge < -0.3 is 24.4 Å². The lowest BCUT2D eigenvalue weighted by atomic mass is 9.79. The lowest BCUT2D eigenvalue weighted by molar-refractivity contribution is -0.385. The quantitative estimate of drug-likeness (QED) is 0.156. The molecule has 0 bridgehead atoms. The highest BCUT2D eigenvalue weighted by Gasteiger charge is 2.60. The average molecular weight is 698 g/mol. The van der Waals surface area contributed by atoms with Crippen LogP contribution in [0.4, 0.5) is 16.2 Å². The van der Waals surface area contributed by atoms with E-state index in [1.165, 1.54) is 81.9 Å². The molecule has 3 aliphatic heterocycles. The van der Waals surface area contributed by atoms with E-state index in [9.17, 15) is 44.5 Å². The van der Waals surface area contributed by atoms with Crippen molar-refractivity contribution in [3.63, 3.8) is 0 Å². The number of benzene rings is 2. The van der Waals surface area contributed by atoms with Gasteiger partial charge in [-0.15, -0.1) is 11.8 Å². The third kappa shape index (κ3) is 7.07. The molecule has 2 aromatic carbocycles. The first kappa shape index (κ1) is 35.3. The normalized spacial score (nSPS) is 23.4. The molecule has 6 atom stereocenters. The Morgan fingerprint density at radius 2 is 1.51 bits per heavy atom. The van der Waals surface area contributed by atoms with Crippen LogP contribution in [0.25, 0.3) is 0 Å². The van der Waals surface area contributed by atoms with Crippen molar-refractivity contribution in [3.05, 3.63) is 90.5 Å². The molecule has 260 valence electrons. The fourth-order valence-corrected chi connectivity index (χ4v) is 7.86. The monoisotopic (exact) mass is 697 g/mol. The molecule has 5 rings (SSSR count). The van der Waals surface area contributed by atoms with Crippen molar-refractivity contribution in [3.8, 4) is 0 Å². The summed E-state index contributed by atoms with van der Waals surface area (Å²) in [5.74, 6) is -2.66. The minimum atomic E-state index is -0.965. The molecular weight excluding hydrogens is 662 g/mol. The van der Waals surface area contributed by atoms with Gasteiger partial charge in [0.2, 0.25) is 11.8 Å². The molecule has 2 fully saturated rings. The number of likely N-dealkylation sites (N-methyl/N-ethyl adjacent to an activating group) is 1. The van der Waals surface area contributed by atoms with Crippen molar-refractivity contribution < 1.29 is 43.6 Å². The van der Waals surface area contributed by atoms with Crippen LogP contribution in [0.1, 0.15) is 31.4 Å². The highest BCUT2D eigenvalue weighted by Crippen LogP contribution is 2.52. The van der Waals surface area contributed by atoms with Crippen molar-refractivity contribution in [2.75, 3.05) is 20.6 Å². The van der Waals surface area contributed by atoms with E-state index in [1.54, 1.807) is 14.1 Å². The number of aliphatic hydroxyl groups is 1. The smallest absolute Gasteiger partial charge is 0.410 e. The van der Waals surface area contributed by atoms with Crippen molar-refractivity contribution >= 4 is 47.0 Å². The summed E-state index contributed by atoms with van der Waals surface area (Å²) in [5.41, 5.74) is 0.814. The van der Waals surface area contributed by atoms with Gasteiger partial charge in [0.25, 0.3) is 11.4 Å². The number of amides is 3. The van der Waals surface area contributed by atoms with Gasteiger partial charge >= 0.3 is 12.1 Å². The summed E-state index contributed by atoms with van der Waals surface area (Å²) >= 11 is 1.27. The number of aliphatic hydroxyl groups excluding tert-OH is 1. The summed E-state index contributed by atoms with van der Waals surface area (Å²) in [6, 6.07) is 9.66. The minimum absolute atomic E-state index is 0.0287. The molecule has 0 saturated carbocycles. The Morgan fingerprint density at radius 1 is 0.980 bits per heavy atom. The number of hydrogen-bond acceptors (Lipinski definition) is 12. The SMILES string of the molecule is CC(O)C1C(=O)N2C(C(=O)OCc3ccc([N+](=O)[O-])cc3)=C(SC3CC(C(=O)N(C)C)N(C(=O)OCc4ccc([N+](=O)[O-])cc4)C3)C(C)C12. The molecule has 49 heavy (non-hydrogen) atoms. The number of esters is 1. The molecule has 1 N–H and O–H groups in total. The van der Waals surface area contributed by atoms with Crippen LogP contribution < -0.4 is 0 Å². The molecule has 0 radical (unpaired) electrons. The lowest BCUT2D eigenvalue weighted by Gasteiger charge is -2.46. The fourth-order valence-electron chi connectivity index (χ4n) is 6.34. The number of rotatable bonds is 11. The summed E-state index contributed by atoms with van der Waals surface area (Å²) in [4.78, 5) is 78.8. The van der Waals surface area contributed by atoms with E-state index in [-0.39, 0.29) is 55.1 Å². The third-order valence-electron chi connectivity index (χ3n) is 8.85. The second-order valence-corrected chi connectivity index (χ2v) is 13.7. The number of non-ortho nitro benzene ring substituents is 2. The first-order valence-electron chi connectivity index (χ1n) is 15.4. The van der Waals surface area contributed by atoms with Crippen LogP contribution in [-0.4, -0.2) is 97.6 Å². The van der Waals surface area contributed by atoms with Crippen LogP contribution in [0.2, 0.25) is 0 Å². The van der Waals surface area contributed by atoms with E-state index >= 15 is 0 Å². The van der Waals surface area contributed by atoms with Crippen LogP contribution in [-0.2, 0) is 37.1 Å². The third-order valence-corrected chi connectivity index (χ3v) is 10.3. The number of carbonyl (C=O) groups is 4. The van der Waals surface area contributed by atoms with Gasteiger partial charge in [-0.2, -0.15) is 0 Å². The Balaban J connectivity index is 1.35. The minimum Gasteiger partial charge on any atom is -0.456 e. The summed E-state index contributed by atoms with van der Waals surface area (Å²) < 4.78 is 11.1. The van der Waals surface area contributed by atoms with E-state index in [4.69, 9.17) is 9.47 Å². The van der Waals surface area contributed by atoms with Crippen molar-refractivity contribution in [2.45, 2.75) is 56.9 Å². The highest BCUT2D eigenvalue weighted by molar-refractivity contribution is 8.03. The van der Waals surface area contributed by atoms with Crippen molar-refractivity contribution in [1.82, 2.24) is 14.7 Å². The maximum atomic E-state index is 13.6.